The summed E-state index contributed by atoms with van der Waals surface area (Å²) >= 11 is 0. The molecule has 1 aromatic rings. The Balaban J connectivity index is 2.70. The molecular formula is C11H17N2. The molecule has 2 heteroatoms. The summed E-state index contributed by atoms with van der Waals surface area (Å²) < 4.78 is 0. The van der Waals surface area contributed by atoms with Crippen molar-refractivity contribution in [2.45, 2.75) is 13.3 Å². The fourth-order valence-electron chi connectivity index (χ4n) is 1.20. The Labute approximate surface area is 80.6 Å². The lowest BCUT2D eigenvalue weighted by Gasteiger charge is -2.11. The largest absolute Gasteiger partial charge is 0.363 e. The molecule has 0 spiro atoms. The van der Waals surface area contributed by atoms with Crippen LogP contribution in [-0.4, -0.2) is 19.1 Å². The minimum atomic E-state index is 0.451. The number of nitrogens with zero attached hydrogens (tertiary/aromatic N) is 2. The van der Waals surface area contributed by atoms with Gasteiger partial charge in [-0.05, 0) is 24.0 Å². The lowest BCUT2D eigenvalue weighted by Crippen LogP contribution is -2.10. The van der Waals surface area contributed by atoms with Gasteiger partial charge in [0.15, 0.2) is 0 Å². The van der Waals surface area contributed by atoms with Crippen LogP contribution in [0.25, 0.3) is 0 Å². The molecule has 0 aliphatic rings. The number of hydrogen-bond acceptors (Lipinski definition) is 2. The van der Waals surface area contributed by atoms with Crippen LogP contribution in [0.1, 0.15) is 12.5 Å². The third kappa shape index (κ3) is 3.05. The summed E-state index contributed by atoms with van der Waals surface area (Å²) in [6.07, 6.45) is 2.93. The van der Waals surface area contributed by atoms with E-state index in [1.807, 2.05) is 31.3 Å². The highest BCUT2D eigenvalue weighted by Crippen LogP contribution is 2.10. The van der Waals surface area contributed by atoms with Gasteiger partial charge < -0.3 is 4.90 Å². The van der Waals surface area contributed by atoms with Gasteiger partial charge in [-0.15, -0.1) is 0 Å². The third-order valence-corrected chi connectivity index (χ3v) is 1.85. The van der Waals surface area contributed by atoms with Gasteiger partial charge in [0.1, 0.15) is 5.82 Å². The summed E-state index contributed by atoms with van der Waals surface area (Å²) in [5.74, 6) is 1.45. The van der Waals surface area contributed by atoms with Gasteiger partial charge in [-0.25, -0.2) is 4.98 Å². The Morgan fingerprint density at radius 3 is 2.54 bits per heavy atom. The minimum absolute atomic E-state index is 0.451. The molecule has 1 heterocycles. The fourth-order valence-corrected chi connectivity index (χ4v) is 1.20. The van der Waals surface area contributed by atoms with Gasteiger partial charge >= 0.3 is 0 Å². The molecule has 0 saturated carbocycles. The summed E-state index contributed by atoms with van der Waals surface area (Å²) in [5.41, 5.74) is 1.26. The predicted octanol–water partition coefficient (Wildman–Crippen LogP) is 2.16. The van der Waals surface area contributed by atoms with Crippen molar-refractivity contribution >= 4 is 5.82 Å². The van der Waals surface area contributed by atoms with Crippen molar-refractivity contribution in [3.05, 3.63) is 30.8 Å². The van der Waals surface area contributed by atoms with E-state index >= 15 is 0 Å². The van der Waals surface area contributed by atoms with Gasteiger partial charge in [0.25, 0.3) is 0 Å². The van der Waals surface area contributed by atoms with Crippen molar-refractivity contribution in [2.24, 2.45) is 5.92 Å². The molecule has 1 radical (unpaired) electrons. The van der Waals surface area contributed by atoms with Crippen LogP contribution >= 0.6 is 0 Å². The second-order valence-electron chi connectivity index (χ2n) is 3.73. The number of hydrogen-bond donors (Lipinski definition) is 0. The van der Waals surface area contributed by atoms with Crippen LogP contribution in [0.5, 0.6) is 0 Å². The van der Waals surface area contributed by atoms with Gasteiger partial charge in [-0.1, -0.05) is 19.9 Å². The van der Waals surface area contributed by atoms with Gasteiger partial charge in [0.05, 0.1) is 0 Å². The molecule has 2 nitrogen and oxygen atoms in total. The zero-order valence-electron chi connectivity index (χ0n) is 8.62. The van der Waals surface area contributed by atoms with Gasteiger partial charge in [-0.3, -0.25) is 0 Å². The van der Waals surface area contributed by atoms with Crippen molar-refractivity contribution in [1.29, 1.82) is 0 Å². The number of rotatable bonds is 3. The van der Waals surface area contributed by atoms with Crippen molar-refractivity contribution in [2.75, 3.05) is 19.0 Å². The first-order valence-corrected chi connectivity index (χ1v) is 4.55. The van der Waals surface area contributed by atoms with Crippen LogP contribution in [0.15, 0.2) is 18.3 Å². The summed E-state index contributed by atoms with van der Waals surface area (Å²) in [6.45, 7) is 6.06. The van der Waals surface area contributed by atoms with Crippen LogP contribution < -0.4 is 4.90 Å². The maximum atomic E-state index is 4.33. The lowest BCUT2D eigenvalue weighted by atomic mass is 10.1. The average Bonchev–Trinajstić information content (AvgIpc) is 2.04. The number of aromatic nitrogens is 1. The van der Waals surface area contributed by atoms with E-state index in [0.29, 0.717) is 5.92 Å². The van der Waals surface area contributed by atoms with E-state index in [1.54, 1.807) is 0 Å². The van der Waals surface area contributed by atoms with Crippen molar-refractivity contribution in [3.63, 3.8) is 0 Å². The highest BCUT2D eigenvalue weighted by atomic mass is 15.1. The molecule has 0 aromatic carbocycles. The molecule has 1 atom stereocenters. The first-order valence-electron chi connectivity index (χ1n) is 4.55. The Bertz CT molecular complexity index is 249. The van der Waals surface area contributed by atoms with Gasteiger partial charge in [0, 0.05) is 20.3 Å². The highest BCUT2D eigenvalue weighted by Gasteiger charge is 1.99. The summed E-state index contributed by atoms with van der Waals surface area (Å²) in [6, 6.07) is 4.15. The molecule has 0 fully saturated rings. The quantitative estimate of drug-likeness (QED) is 0.703. The van der Waals surface area contributed by atoms with Gasteiger partial charge in [0.2, 0.25) is 0 Å². The lowest BCUT2D eigenvalue weighted by molar-refractivity contribution is 0.716. The van der Waals surface area contributed by atoms with Crippen LogP contribution in [0, 0.1) is 12.8 Å². The highest BCUT2D eigenvalue weighted by molar-refractivity contribution is 5.37. The normalized spacial score (nSPS) is 10.5. The average molecular weight is 177 g/mol. The number of anilines is 1. The Morgan fingerprint density at radius 1 is 1.46 bits per heavy atom. The molecule has 1 unspecified atom stereocenters. The maximum absolute atomic E-state index is 4.33. The van der Waals surface area contributed by atoms with E-state index in [4.69, 9.17) is 0 Å². The molecule has 1 rings (SSSR count). The molecule has 0 bridgehead atoms. The molecule has 1 aromatic heterocycles. The Morgan fingerprint density at radius 2 is 2.15 bits per heavy atom. The van der Waals surface area contributed by atoms with E-state index in [9.17, 15) is 0 Å². The van der Waals surface area contributed by atoms with E-state index in [-0.39, 0.29) is 0 Å². The first-order chi connectivity index (χ1) is 6.09. The summed E-state index contributed by atoms with van der Waals surface area (Å²) in [7, 11) is 3.98. The smallest absolute Gasteiger partial charge is 0.127 e. The maximum Gasteiger partial charge on any atom is 0.127 e. The van der Waals surface area contributed by atoms with Crippen LogP contribution in [0.3, 0.4) is 0 Å². The molecule has 0 amide bonds. The SMILES string of the molecule is [CH2]C(C)Cc1ccc(N(C)C)nc1. The van der Waals surface area contributed by atoms with E-state index < -0.39 is 0 Å². The monoisotopic (exact) mass is 177 g/mol. The van der Waals surface area contributed by atoms with Crippen LogP contribution in [0.4, 0.5) is 5.82 Å². The van der Waals surface area contributed by atoms with Crippen LogP contribution in [0.2, 0.25) is 0 Å². The summed E-state index contributed by atoms with van der Waals surface area (Å²) in [4.78, 5) is 6.33. The molecular weight excluding hydrogens is 160 g/mol. The first kappa shape index (κ1) is 10.0. The second kappa shape index (κ2) is 4.26. The van der Waals surface area contributed by atoms with Crippen molar-refractivity contribution in [3.8, 4) is 0 Å². The van der Waals surface area contributed by atoms with Crippen LogP contribution in [-0.2, 0) is 6.42 Å². The predicted molar refractivity (Wildman–Crippen MR) is 56.8 cm³/mol. The molecule has 0 N–H and O–H groups in total. The third-order valence-electron chi connectivity index (χ3n) is 1.85. The molecule has 71 valence electrons. The Kier molecular flexibility index (Phi) is 3.29. The molecule has 0 aliphatic heterocycles. The fraction of sp³-hybridized carbons (Fsp3) is 0.455. The Hall–Kier alpha value is -1.05. The molecule has 0 saturated heterocycles. The number of pyridine rings is 1. The standard InChI is InChI=1S/C11H17N2/c1-9(2)7-10-5-6-11(12-8-10)13(3)4/h5-6,8-9H,1,7H2,2-4H3. The van der Waals surface area contributed by atoms with Crippen molar-refractivity contribution < 1.29 is 0 Å². The topological polar surface area (TPSA) is 16.1 Å². The minimum Gasteiger partial charge on any atom is -0.363 e. The molecule has 13 heavy (non-hydrogen) atoms. The summed E-state index contributed by atoms with van der Waals surface area (Å²) in [5, 5.41) is 0. The van der Waals surface area contributed by atoms with Gasteiger partial charge in [-0.2, -0.15) is 0 Å². The van der Waals surface area contributed by atoms with Crippen molar-refractivity contribution in [1.82, 2.24) is 4.98 Å². The van der Waals surface area contributed by atoms with E-state index in [1.165, 1.54) is 5.56 Å². The zero-order valence-corrected chi connectivity index (χ0v) is 8.62. The van der Waals surface area contributed by atoms with E-state index in [0.717, 1.165) is 12.2 Å². The van der Waals surface area contributed by atoms with E-state index in [2.05, 4.69) is 24.9 Å². The second-order valence-corrected chi connectivity index (χ2v) is 3.73. The molecule has 0 aliphatic carbocycles. The zero-order chi connectivity index (χ0) is 9.84.